The monoisotopic (exact) mass is 272 g/mol. The number of thiophene rings is 1. The van der Waals surface area contributed by atoms with Crippen molar-refractivity contribution in [3.8, 4) is 6.07 Å². The highest BCUT2D eigenvalue weighted by molar-refractivity contribution is 7.07. The summed E-state index contributed by atoms with van der Waals surface area (Å²) in [6, 6.07) is 8.67. The molecule has 1 aromatic heterocycles. The smallest absolute Gasteiger partial charge is 0.335 e. The fourth-order valence-electron chi connectivity index (χ4n) is 1.83. The van der Waals surface area contributed by atoms with Gasteiger partial charge in [0.05, 0.1) is 16.8 Å². The second kappa shape index (κ2) is 5.55. The molecule has 19 heavy (non-hydrogen) atoms. The maximum absolute atomic E-state index is 10.9. The van der Waals surface area contributed by atoms with Crippen LogP contribution in [0.1, 0.15) is 21.5 Å². The van der Waals surface area contributed by atoms with Crippen molar-refractivity contribution in [3.05, 3.63) is 51.7 Å². The minimum atomic E-state index is -1.02. The van der Waals surface area contributed by atoms with Gasteiger partial charge in [0.25, 0.3) is 0 Å². The molecular formula is C14H12N2O2S. The van der Waals surface area contributed by atoms with Gasteiger partial charge in [0, 0.05) is 13.6 Å². The van der Waals surface area contributed by atoms with Crippen LogP contribution in [0.5, 0.6) is 0 Å². The predicted octanol–water partition coefficient (Wildman–Crippen LogP) is 2.95. The van der Waals surface area contributed by atoms with Gasteiger partial charge in [0.2, 0.25) is 0 Å². The van der Waals surface area contributed by atoms with Gasteiger partial charge in [-0.15, -0.1) is 0 Å². The Labute approximate surface area is 115 Å². The molecule has 0 unspecified atom stereocenters. The Balaban J connectivity index is 2.29. The average Bonchev–Trinajstić information content (AvgIpc) is 2.90. The lowest BCUT2D eigenvalue weighted by Gasteiger charge is -2.20. The molecule has 2 aromatic rings. The van der Waals surface area contributed by atoms with Gasteiger partial charge in [-0.05, 0) is 40.6 Å². The van der Waals surface area contributed by atoms with Crippen LogP contribution in [-0.4, -0.2) is 18.1 Å². The molecule has 0 radical (unpaired) electrons. The van der Waals surface area contributed by atoms with Crippen LogP contribution in [0.2, 0.25) is 0 Å². The van der Waals surface area contributed by atoms with Crippen LogP contribution in [0.25, 0.3) is 0 Å². The quantitative estimate of drug-likeness (QED) is 0.929. The van der Waals surface area contributed by atoms with Gasteiger partial charge >= 0.3 is 5.97 Å². The highest BCUT2D eigenvalue weighted by Crippen LogP contribution is 2.22. The zero-order valence-electron chi connectivity index (χ0n) is 10.3. The molecule has 0 atom stereocenters. The SMILES string of the molecule is CN(Cc1ccsc1)c1ccc(C(=O)O)cc1C#N. The van der Waals surface area contributed by atoms with Crippen LogP contribution in [0.15, 0.2) is 35.0 Å². The van der Waals surface area contributed by atoms with Gasteiger partial charge in [0.15, 0.2) is 0 Å². The summed E-state index contributed by atoms with van der Waals surface area (Å²) in [4.78, 5) is 12.8. The Morgan fingerprint density at radius 1 is 1.47 bits per heavy atom. The summed E-state index contributed by atoms with van der Waals surface area (Å²) in [5.41, 5.74) is 2.40. The largest absolute Gasteiger partial charge is 0.478 e. The van der Waals surface area contributed by atoms with Crippen molar-refractivity contribution in [2.75, 3.05) is 11.9 Å². The van der Waals surface area contributed by atoms with Crippen LogP contribution >= 0.6 is 11.3 Å². The summed E-state index contributed by atoms with van der Waals surface area (Å²) in [6.07, 6.45) is 0. The second-order valence-electron chi connectivity index (χ2n) is 4.14. The van der Waals surface area contributed by atoms with Gasteiger partial charge in [-0.25, -0.2) is 4.79 Å². The first kappa shape index (κ1) is 13.1. The number of hydrogen-bond donors (Lipinski definition) is 1. The number of hydrogen-bond acceptors (Lipinski definition) is 4. The lowest BCUT2D eigenvalue weighted by atomic mass is 10.1. The number of nitrogens with zero attached hydrogens (tertiary/aromatic N) is 2. The van der Waals surface area contributed by atoms with Gasteiger partial charge < -0.3 is 10.0 Å². The maximum Gasteiger partial charge on any atom is 0.335 e. The zero-order chi connectivity index (χ0) is 13.8. The van der Waals surface area contributed by atoms with Crippen molar-refractivity contribution < 1.29 is 9.90 Å². The van der Waals surface area contributed by atoms with E-state index in [2.05, 4.69) is 0 Å². The van der Waals surface area contributed by atoms with Crippen molar-refractivity contribution in [2.45, 2.75) is 6.54 Å². The van der Waals surface area contributed by atoms with Crippen LogP contribution < -0.4 is 4.90 Å². The predicted molar refractivity (Wildman–Crippen MR) is 74.5 cm³/mol. The van der Waals surface area contributed by atoms with Crippen molar-refractivity contribution >= 4 is 23.0 Å². The maximum atomic E-state index is 10.9. The Hall–Kier alpha value is -2.32. The number of anilines is 1. The summed E-state index contributed by atoms with van der Waals surface area (Å²) < 4.78 is 0. The number of rotatable bonds is 4. The van der Waals surface area contributed by atoms with Crippen LogP contribution in [0, 0.1) is 11.3 Å². The highest BCUT2D eigenvalue weighted by Gasteiger charge is 2.11. The van der Waals surface area contributed by atoms with Gasteiger partial charge in [-0.3, -0.25) is 0 Å². The van der Waals surface area contributed by atoms with E-state index in [4.69, 9.17) is 10.4 Å². The van der Waals surface area contributed by atoms with Gasteiger partial charge in [-0.2, -0.15) is 16.6 Å². The Morgan fingerprint density at radius 3 is 2.84 bits per heavy atom. The first-order chi connectivity index (χ1) is 9.11. The third-order valence-corrected chi connectivity index (χ3v) is 3.51. The molecule has 0 spiro atoms. The molecule has 0 saturated carbocycles. The van der Waals surface area contributed by atoms with Gasteiger partial charge in [-0.1, -0.05) is 0 Å². The highest BCUT2D eigenvalue weighted by atomic mass is 32.1. The number of carboxylic acid groups (broad SMARTS) is 1. The molecule has 0 aliphatic carbocycles. The topological polar surface area (TPSA) is 64.3 Å². The Kier molecular flexibility index (Phi) is 3.83. The van der Waals surface area contributed by atoms with E-state index in [1.807, 2.05) is 34.8 Å². The van der Waals surface area contributed by atoms with E-state index in [0.29, 0.717) is 12.1 Å². The first-order valence-electron chi connectivity index (χ1n) is 5.61. The first-order valence-corrected chi connectivity index (χ1v) is 6.55. The van der Waals surface area contributed by atoms with Crippen LogP contribution in [0.3, 0.4) is 0 Å². The number of aromatic carboxylic acids is 1. The summed E-state index contributed by atoms with van der Waals surface area (Å²) >= 11 is 1.62. The van der Waals surface area contributed by atoms with E-state index < -0.39 is 5.97 Å². The van der Waals surface area contributed by atoms with E-state index in [0.717, 1.165) is 5.69 Å². The fraction of sp³-hybridized carbons (Fsp3) is 0.143. The summed E-state index contributed by atoms with van der Waals surface area (Å²) in [5, 5.41) is 22.1. The summed E-state index contributed by atoms with van der Waals surface area (Å²) in [5.74, 6) is -1.02. The number of carbonyl (C=O) groups is 1. The fourth-order valence-corrected chi connectivity index (χ4v) is 2.49. The molecule has 2 rings (SSSR count). The Morgan fingerprint density at radius 2 is 2.26 bits per heavy atom. The van der Waals surface area contributed by atoms with E-state index in [1.165, 1.54) is 17.7 Å². The lowest BCUT2D eigenvalue weighted by Crippen LogP contribution is -2.17. The third kappa shape index (κ3) is 2.92. The third-order valence-electron chi connectivity index (χ3n) is 2.78. The average molecular weight is 272 g/mol. The molecule has 0 fully saturated rings. The van der Waals surface area contributed by atoms with Crippen molar-refractivity contribution in [3.63, 3.8) is 0 Å². The zero-order valence-corrected chi connectivity index (χ0v) is 11.1. The van der Waals surface area contributed by atoms with E-state index in [9.17, 15) is 4.79 Å². The molecule has 0 amide bonds. The Bertz CT molecular complexity index is 629. The van der Waals surface area contributed by atoms with Crippen LogP contribution in [0.4, 0.5) is 5.69 Å². The molecule has 0 bridgehead atoms. The van der Waals surface area contributed by atoms with E-state index in [-0.39, 0.29) is 5.56 Å². The molecule has 0 aliphatic rings. The summed E-state index contributed by atoms with van der Waals surface area (Å²) in [7, 11) is 1.88. The molecule has 5 heteroatoms. The number of benzene rings is 1. The van der Waals surface area contributed by atoms with Crippen molar-refractivity contribution in [2.24, 2.45) is 0 Å². The van der Waals surface area contributed by atoms with Crippen LogP contribution in [-0.2, 0) is 6.54 Å². The molecule has 1 N–H and O–H groups in total. The molecule has 4 nitrogen and oxygen atoms in total. The van der Waals surface area contributed by atoms with E-state index >= 15 is 0 Å². The normalized spacial score (nSPS) is 9.89. The molecule has 96 valence electrons. The van der Waals surface area contributed by atoms with Crippen molar-refractivity contribution in [1.29, 1.82) is 5.26 Å². The molecular weight excluding hydrogens is 260 g/mol. The minimum absolute atomic E-state index is 0.129. The van der Waals surface area contributed by atoms with Crippen molar-refractivity contribution in [1.82, 2.24) is 0 Å². The summed E-state index contributed by atoms with van der Waals surface area (Å²) in [6.45, 7) is 0.685. The van der Waals surface area contributed by atoms with E-state index in [1.54, 1.807) is 17.4 Å². The molecule has 0 saturated heterocycles. The lowest BCUT2D eigenvalue weighted by molar-refractivity contribution is 0.0697. The molecule has 1 heterocycles. The minimum Gasteiger partial charge on any atom is -0.478 e. The standard InChI is InChI=1S/C14H12N2O2S/c1-16(8-10-4-5-19-9-10)13-3-2-11(14(17)18)6-12(13)7-15/h2-6,9H,8H2,1H3,(H,17,18). The second-order valence-corrected chi connectivity index (χ2v) is 4.92. The number of carboxylic acids is 1. The molecule has 1 aromatic carbocycles. The van der Waals surface area contributed by atoms with Gasteiger partial charge in [0.1, 0.15) is 6.07 Å². The number of nitriles is 1. The molecule has 0 aliphatic heterocycles.